The molecule has 2 N–H and O–H groups in total. The predicted molar refractivity (Wildman–Crippen MR) is 72.0 cm³/mol. The second-order valence-corrected chi connectivity index (χ2v) is 7.36. The van der Waals surface area contributed by atoms with E-state index in [1.165, 1.54) is 0 Å². The Morgan fingerprint density at radius 1 is 1.37 bits per heavy atom. The Morgan fingerprint density at radius 2 is 2.05 bits per heavy atom. The summed E-state index contributed by atoms with van der Waals surface area (Å²) in [5, 5.41) is 13.1. The minimum atomic E-state index is -3.82. The van der Waals surface area contributed by atoms with Gasteiger partial charge in [-0.2, -0.15) is 0 Å². The van der Waals surface area contributed by atoms with Crippen molar-refractivity contribution in [2.45, 2.75) is 57.7 Å². The van der Waals surface area contributed by atoms with Gasteiger partial charge in [-0.1, -0.05) is 27.2 Å². The highest BCUT2D eigenvalue weighted by Gasteiger charge is 2.32. The predicted octanol–water partition coefficient (Wildman–Crippen LogP) is 1.49. The number of nitrogens with two attached hydrogens (primary N) is 1. The van der Waals surface area contributed by atoms with Crippen LogP contribution in [-0.2, 0) is 16.6 Å². The van der Waals surface area contributed by atoms with E-state index in [1.54, 1.807) is 4.57 Å². The Balaban J connectivity index is 2.46. The zero-order chi connectivity index (χ0) is 14.2. The standard InChI is InChI=1S/C12H22N4O2S/c1-8(2)7-16-11(10-6-4-5-9(10)3)14-15-12(16)19(13,17)18/h8-10H,4-7H2,1-3H3,(H2,13,17,18). The first-order valence-corrected chi connectivity index (χ1v) is 8.31. The monoisotopic (exact) mass is 286 g/mol. The molecule has 0 aliphatic heterocycles. The molecule has 1 aliphatic carbocycles. The van der Waals surface area contributed by atoms with Crippen molar-refractivity contribution in [3.63, 3.8) is 0 Å². The quantitative estimate of drug-likeness (QED) is 0.907. The van der Waals surface area contributed by atoms with Crippen LogP contribution < -0.4 is 5.14 Å². The Morgan fingerprint density at radius 3 is 2.53 bits per heavy atom. The normalized spacial score (nSPS) is 24.3. The van der Waals surface area contributed by atoms with Crippen molar-refractivity contribution >= 4 is 10.0 Å². The molecule has 0 saturated heterocycles. The van der Waals surface area contributed by atoms with E-state index in [0.717, 1.165) is 25.1 Å². The molecule has 2 unspecified atom stereocenters. The van der Waals surface area contributed by atoms with Crippen LogP contribution in [-0.4, -0.2) is 23.2 Å². The maximum absolute atomic E-state index is 11.6. The minimum absolute atomic E-state index is 0.102. The molecule has 0 amide bonds. The Hall–Kier alpha value is -0.950. The van der Waals surface area contributed by atoms with Crippen molar-refractivity contribution in [2.75, 3.05) is 0 Å². The molecule has 108 valence electrons. The molecule has 1 fully saturated rings. The summed E-state index contributed by atoms with van der Waals surface area (Å²) in [6, 6.07) is 0. The number of hydrogen-bond donors (Lipinski definition) is 1. The van der Waals surface area contributed by atoms with E-state index >= 15 is 0 Å². The highest BCUT2D eigenvalue weighted by molar-refractivity contribution is 7.89. The Kier molecular flexibility index (Phi) is 3.96. The van der Waals surface area contributed by atoms with Gasteiger partial charge < -0.3 is 4.57 Å². The highest BCUT2D eigenvalue weighted by Crippen LogP contribution is 2.38. The summed E-state index contributed by atoms with van der Waals surface area (Å²) in [6.45, 7) is 6.84. The summed E-state index contributed by atoms with van der Waals surface area (Å²) in [5.41, 5.74) is 0. The zero-order valence-electron chi connectivity index (χ0n) is 11.7. The number of sulfonamides is 1. The van der Waals surface area contributed by atoms with Gasteiger partial charge in [0, 0.05) is 12.5 Å². The third-order valence-corrected chi connectivity index (χ3v) is 4.55. The van der Waals surface area contributed by atoms with Crippen molar-refractivity contribution in [3.05, 3.63) is 5.82 Å². The van der Waals surface area contributed by atoms with E-state index in [9.17, 15) is 8.42 Å². The maximum atomic E-state index is 11.6. The molecule has 0 bridgehead atoms. The van der Waals surface area contributed by atoms with Crippen LogP contribution in [0, 0.1) is 11.8 Å². The van der Waals surface area contributed by atoms with E-state index in [4.69, 9.17) is 5.14 Å². The summed E-state index contributed by atoms with van der Waals surface area (Å²) < 4.78 is 24.9. The lowest BCUT2D eigenvalue weighted by atomic mass is 9.97. The number of nitrogens with zero attached hydrogens (tertiary/aromatic N) is 3. The lowest BCUT2D eigenvalue weighted by molar-refractivity contribution is 0.429. The molecule has 6 nitrogen and oxygen atoms in total. The first-order valence-electron chi connectivity index (χ1n) is 6.76. The van der Waals surface area contributed by atoms with Crippen LogP contribution in [0.15, 0.2) is 5.16 Å². The SMILES string of the molecule is CC(C)Cn1c(C2CCCC2C)nnc1S(N)(=O)=O. The summed E-state index contributed by atoms with van der Waals surface area (Å²) in [4.78, 5) is 0. The first kappa shape index (κ1) is 14.5. The second-order valence-electron chi connectivity index (χ2n) is 5.90. The number of hydrogen-bond acceptors (Lipinski definition) is 4. The van der Waals surface area contributed by atoms with Gasteiger partial charge in [-0.15, -0.1) is 10.2 Å². The summed E-state index contributed by atoms with van der Waals surface area (Å²) in [5.74, 6) is 1.90. The molecule has 1 aliphatic rings. The van der Waals surface area contributed by atoms with Gasteiger partial charge in [-0.25, -0.2) is 13.6 Å². The molecular weight excluding hydrogens is 264 g/mol. The van der Waals surface area contributed by atoms with Gasteiger partial charge in [0.2, 0.25) is 0 Å². The van der Waals surface area contributed by atoms with E-state index in [0.29, 0.717) is 24.3 Å². The van der Waals surface area contributed by atoms with Crippen LogP contribution in [0.2, 0.25) is 0 Å². The fourth-order valence-corrected chi connectivity index (χ4v) is 3.48. The lowest BCUT2D eigenvalue weighted by Gasteiger charge is -2.18. The fraction of sp³-hybridized carbons (Fsp3) is 0.833. The number of rotatable bonds is 4. The maximum Gasteiger partial charge on any atom is 0.273 e. The highest BCUT2D eigenvalue weighted by atomic mass is 32.2. The molecule has 1 aromatic rings. The van der Waals surface area contributed by atoms with Gasteiger partial charge in [-0.05, 0) is 24.7 Å². The topological polar surface area (TPSA) is 90.9 Å². The average molecular weight is 286 g/mol. The zero-order valence-corrected chi connectivity index (χ0v) is 12.5. The molecule has 0 aromatic carbocycles. The van der Waals surface area contributed by atoms with E-state index in [2.05, 4.69) is 17.1 Å². The van der Waals surface area contributed by atoms with Gasteiger partial charge in [-0.3, -0.25) is 0 Å². The minimum Gasteiger partial charge on any atom is -0.300 e. The van der Waals surface area contributed by atoms with Gasteiger partial charge in [0.15, 0.2) is 0 Å². The molecule has 1 saturated carbocycles. The van der Waals surface area contributed by atoms with Crippen molar-refractivity contribution in [3.8, 4) is 0 Å². The summed E-state index contributed by atoms with van der Waals surface area (Å²) in [6.07, 6.45) is 3.36. The lowest BCUT2D eigenvalue weighted by Crippen LogP contribution is -2.22. The molecule has 7 heteroatoms. The Bertz CT molecular complexity index is 550. The van der Waals surface area contributed by atoms with Crippen LogP contribution in [0.5, 0.6) is 0 Å². The van der Waals surface area contributed by atoms with E-state index in [-0.39, 0.29) is 5.16 Å². The van der Waals surface area contributed by atoms with E-state index < -0.39 is 10.0 Å². The molecule has 0 radical (unpaired) electrons. The third kappa shape index (κ3) is 2.97. The van der Waals surface area contributed by atoms with Crippen molar-refractivity contribution < 1.29 is 8.42 Å². The molecule has 0 spiro atoms. The molecule has 19 heavy (non-hydrogen) atoms. The third-order valence-electron chi connectivity index (χ3n) is 3.74. The Labute approximate surface area is 114 Å². The van der Waals surface area contributed by atoms with Gasteiger partial charge in [0.1, 0.15) is 5.82 Å². The van der Waals surface area contributed by atoms with E-state index in [1.807, 2.05) is 13.8 Å². The molecule has 2 rings (SSSR count). The second kappa shape index (κ2) is 5.20. The van der Waals surface area contributed by atoms with Gasteiger partial charge in [0.25, 0.3) is 15.2 Å². The number of primary sulfonamides is 1. The summed E-state index contributed by atoms with van der Waals surface area (Å²) >= 11 is 0. The molecule has 2 atom stereocenters. The average Bonchev–Trinajstić information content (AvgIpc) is 2.82. The van der Waals surface area contributed by atoms with Crippen molar-refractivity contribution in [1.82, 2.24) is 14.8 Å². The largest absolute Gasteiger partial charge is 0.300 e. The van der Waals surface area contributed by atoms with Gasteiger partial charge >= 0.3 is 0 Å². The number of aromatic nitrogens is 3. The molecule has 1 heterocycles. The van der Waals surface area contributed by atoms with Crippen molar-refractivity contribution in [1.29, 1.82) is 0 Å². The van der Waals surface area contributed by atoms with Crippen LogP contribution in [0.25, 0.3) is 0 Å². The summed E-state index contributed by atoms with van der Waals surface area (Å²) in [7, 11) is -3.82. The smallest absolute Gasteiger partial charge is 0.273 e. The molecular formula is C12H22N4O2S. The van der Waals surface area contributed by atoms with Crippen LogP contribution in [0.1, 0.15) is 51.8 Å². The van der Waals surface area contributed by atoms with Crippen LogP contribution >= 0.6 is 0 Å². The van der Waals surface area contributed by atoms with Crippen LogP contribution in [0.3, 0.4) is 0 Å². The van der Waals surface area contributed by atoms with Gasteiger partial charge in [0.05, 0.1) is 0 Å². The van der Waals surface area contributed by atoms with Crippen LogP contribution in [0.4, 0.5) is 0 Å². The molecule has 1 aromatic heterocycles. The van der Waals surface area contributed by atoms with Crippen molar-refractivity contribution in [2.24, 2.45) is 17.0 Å². The first-order chi connectivity index (χ1) is 8.80. The fourth-order valence-electron chi connectivity index (χ4n) is 2.85.